The van der Waals surface area contributed by atoms with Gasteiger partial charge in [-0.1, -0.05) is 50.3 Å². The molecule has 1 fully saturated rings. The molecule has 10 heteroatoms. The van der Waals surface area contributed by atoms with E-state index < -0.39 is 12.5 Å². The predicted molar refractivity (Wildman–Crippen MR) is 155 cm³/mol. The van der Waals surface area contributed by atoms with Crippen molar-refractivity contribution < 1.29 is 53.7 Å². The second kappa shape index (κ2) is 13.9. The van der Waals surface area contributed by atoms with Crippen LogP contribution < -0.4 is 49.0 Å². The van der Waals surface area contributed by atoms with Crippen molar-refractivity contribution in [3.63, 3.8) is 0 Å². The minimum Gasteiger partial charge on any atom is -0.548 e. The Kier molecular flexibility index (Phi) is 10.5. The summed E-state index contributed by atoms with van der Waals surface area (Å²) in [6.45, 7) is 2.04. The largest absolute Gasteiger partial charge is 1.00 e. The second-order valence-corrected chi connectivity index (χ2v) is 11.2. The minimum atomic E-state index is -1.25. The smallest absolute Gasteiger partial charge is 0.548 e. The van der Waals surface area contributed by atoms with E-state index in [-0.39, 0.29) is 35.5 Å². The number of benzene rings is 2. The van der Waals surface area contributed by atoms with Crippen molar-refractivity contribution in [2.24, 2.45) is 5.92 Å². The molecule has 4 aromatic rings. The van der Waals surface area contributed by atoms with Crippen LogP contribution in [0.25, 0.3) is 22.2 Å². The van der Waals surface area contributed by atoms with Crippen LogP contribution in [0.3, 0.4) is 0 Å². The van der Waals surface area contributed by atoms with Crippen molar-refractivity contribution in [3.05, 3.63) is 59.1 Å². The molecular formula is C31H34N3NaO5S. The predicted octanol–water partition coefficient (Wildman–Crippen LogP) is 2.46. The Morgan fingerprint density at radius 2 is 1.80 bits per heavy atom. The summed E-state index contributed by atoms with van der Waals surface area (Å²) in [5.41, 5.74) is 3.39. The van der Waals surface area contributed by atoms with Crippen molar-refractivity contribution >= 4 is 39.2 Å². The molecule has 0 unspecified atom stereocenters. The molecule has 41 heavy (non-hydrogen) atoms. The Labute approximate surface area is 266 Å². The summed E-state index contributed by atoms with van der Waals surface area (Å²) < 4.78 is 12.7. The molecule has 0 spiro atoms. The Morgan fingerprint density at radius 1 is 1.07 bits per heavy atom. The van der Waals surface area contributed by atoms with Gasteiger partial charge in [0.1, 0.15) is 17.2 Å². The maximum atomic E-state index is 14.2. The van der Waals surface area contributed by atoms with E-state index in [1.165, 1.54) is 35.2 Å². The first-order valence-corrected chi connectivity index (χ1v) is 14.6. The van der Waals surface area contributed by atoms with E-state index >= 15 is 0 Å². The quantitative estimate of drug-likeness (QED) is 0.266. The van der Waals surface area contributed by atoms with E-state index in [1.807, 2.05) is 48.7 Å². The van der Waals surface area contributed by atoms with Gasteiger partial charge in [-0.3, -0.25) is 9.69 Å². The number of carboxylic acid groups (broad SMARTS) is 1. The number of carbonyl (C=O) groups excluding carboxylic acids is 2. The molecule has 0 atom stereocenters. The standard InChI is InChI=1S/C31H35N3O5S.Na/c1-20-15-28(39-3)23(17-27(20)38-2)24-19-40-31(32-24)33(14-13-21-9-5-4-6-10-21)30(37)26-16-22-11-7-8-12-25(22)34(26)18-29(35)36;/h7-8,11-12,15-17,19,21H,4-6,9-10,13-14,18H2,1-3H3,(H,35,36);/q;+1/p-1. The summed E-state index contributed by atoms with van der Waals surface area (Å²) >= 11 is 1.39. The topological polar surface area (TPSA) is 96.7 Å². The number of anilines is 1. The molecule has 0 aliphatic heterocycles. The summed E-state index contributed by atoms with van der Waals surface area (Å²) in [4.78, 5) is 32.5. The fourth-order valence-electron chi connectivity index (χ4n) is 5.66. The fraction of sp³-hybridized carbons (Fsp3) is 0.387. The second-order valence-electron chi connectivity index (χ2n) is 10.3. The van der Waals surface area contributed by atoms with Crippen molar-refractivity contribution in [2.75, 3.05) is 25.7 Å². The van der Waals surface area contributed by atoms with Gasteiger partial charge in [-0.2, -0.15) is 0 Å². The molecule has 2 aromatic heterocycles. The van der Waals surface area contributed by atoms with E-state index in [4.69, 9.17) is 14.5 Å². The fourth-order valence-corrected chi connectivity index (χ4v) is 6.51. The normalized spacial score (nSPS) is 13.5. The first-order chi connectivity index (χ1) is 19.4. The maximum Gasteiger partial charge on any atom is 1.00 e. The number of hydrogen-bond acceptors (Lipinski definition) is 7. The molecule has 0 saturated heterocycles. The molecule has 8 nitrogen and oxygen atoms in total. The number of hydrogen-bond donors (Lipinski definition) is 0. The summed E-state index contributed by atoms with van der Waals surface area (Å²) in [5, 5.41) is 14.9. The van der Waals surface area contributed by atoms with Crippen molar-refractivity contribution in [1.29, 1.82) is 0 Å². The zero-order valence-electron chi connectivity index (χ0n) is 24.1. The van der Waals surface area contributed by atoms with Crippen LogP contribution in [0.15, 0.2) is 47.8 Å². The Balaban J connectivity index is 0.00000387. The van der Waals surface area contributed by atoms with Gasteiger partial charge in [-0.15, -0.1) is 11.3 Å². The van der Waals surface area contributed by atoms with Gasteiger partial charge in [0.25, 0.3) is 5.91 Å². The number of methoxy groups -OCH3 is 2. The van der Waals surface area contributed by atoms with Gasteiger partial charge in [0.2, 0.25) is 0 Å². The third-order valence-electron chi connectivity index (χ3n) is 7.76. The van der Waals surface area contributed by atoms with Gasteiger partial charge in [0.15, 0.2) is 5.13 Å². The molecule has 1 aliphatic rings. The molecule has 2 heterocycles. The van der Waals surface area contributed by atoms with Crippen LogP contribution in [-0.2, 0) is 11.3 Å². The van der Waals surface area contributed by atoms with Crippen molar-refractivity contribution in [1.82, 2.24) is 9.55 Å². The third kappa shape index (κ3) is 6.80. The number of aliphatic carboxylic acids is 1. The first-order valence-electron chi connectivity index (χ1n) is 13.7. The number of rotatable bonds is 10. The maximum absolute atomic E-state index is 14.2. The van der Waals surface area contributed by atoms with E-state index in [9.17, 15) is 14.7 Å². The molecule has 1 aliphatic carbocycles. The van der Waals surface area contributed by atoms with Crippen LogP contribution in [-0.4, -0.2) is 42.2 Å². The van der Waals surface area contributed by atoms with Crippen LogP contribution in [0.2, 0.25) is 0 Å². The molecule has 0 radical (unpaired) electrons. The molecule has 2 aromatic carbocycles. The van der Waals surface area contributed by atoms with Gasteiger partial charge in [-0.05, 0) is 49.1 Å². The van der Waals surface area contributed by atoms with Crippen LogP contribution >= 0.6 is 11.3 Å². The monoisotopic (exact) mass is 583 g/mol. The summed E-state index contributed by atoms with van der Waals surface area (Å²) in [5.74, 6) is 0.425. The number of fused-ring (bicyclic) bond motifs is 1. The minimum absolute atomic E-state index is 0. The number of carbonyl (C=O) groups is 2. The summed E-state index contributed by atoms with van der Waals surface area (Å²) in [7, 11) is 3.25. The van der Waals surface area contributed by atoms with E-state index in [2.05, 4.69) is 0 Å². The summed E-state index contributed by atoms with van der Waals surface area (Å²) in [6.07, 6.45) is 6.89. The van der Waals surface area contributed by atoms with Gasteiger partial charge < -0.3 is 23.9 Å². The van der Waals surface area contributed by atoms with Crippen LogP contribution in [0, 0.1) is 12.8 Å². The van der Waals surface area contributed by atoms with Crippen LogP contribution in [0.4, 0.5) is 5.13 Å². The molecule has 210 valence electrons. The molecule has 5 rings (SSSR count). The molecular weight excluding hydrogens is 549 g/mol. The number of carboxylic acids is 1. The number of nitrogens with zero attached hydrogens (tertiary/aromatic N) is 3. The van der Waals surface area contributed by atoms with Crippen molar-refractivity contribution in [2.45, 2.75) is 52.0 Å². The average Bonchev–Trinajstić information content (AvgIpc) is 3.59. The Hall–Kier alpha value is -2.85. The Morgan fingerprint density at radius 3 is 2.51 bits per heavy atom. The zero-order valence-corrected chi connectivity index (χ0v) is 27.0. The van der Waals surface area contributed by atoms with E-state index in [0.29, 0.717) is 40.2 Å². The average molecular weight is 584 g/mol. The van der Waals surface area contributed by atoms with Gasteiger partial charge in [-0.25, -0.2) is 4.98 Å². The van der Waals surface area contributed by atoms with Crippen LogP contribution in [0.1, 0.15) is 54.6 Å². The third-order valence-corrected chi connectivity index (χ3v) is 8.63. The number of para-hydroxylation sites is 1. The Bertz CT molecular complexity index is 1530. The van der Waals surface area contributed by atoms with Gasteiger partial charge in [0, 0.05) is 28.4 Å². The SMILES string of the molecule is COc1cc(-c2csc(N(CCC3CCCCC3)C(=O)c3cc4ccccc4n3CC(=O)[O-])n2)c(OC)cc1C.[Na+]. The number of amides is 1. The molecule has 1 amide bonds. The number of aryl methyl sites for hydroxylation is 1. The molecule has 0 N–H and O–H groups in total. The number of thiazole rings is 1. The summed E-state index contributed by atoms with van der Waals surface area (Å²) in [6, 6.07) is 13.0. The zero-order chi connectivity index (χ0) is 28.2. The van der Waals surface area contributed by atoms with Crippen LogP contribution in [0.5, 0.6) is 11.5 Å². The van der Waals surface area contributed by atoms with Crippen molar-refractivity contribution in [3.8, 4) is 22.8 Å². The first kappa shape index (κ1) is 31.1. The van der Waals surface area contributed by atoms with E-state index in [1.54, 1.807) is 25.2 Å². The van der Waals surface area contributed by atoms with Gasteiger partial charge >= 0.3 is 29.6 Å². The van der Waals surface area contributed by atoms with E-state index in [0.717, 1.165) is 41.5 Å². The number of ether oxygens (including phenoxy) is 2. The van der Waals surface area contributed by atoms with Gasteiger partial charge in [0.05, 0.1) is 32.4 Å². The molecule has 1 saturated carbocycles. The number of aromatic nitrogens is 2. The molecule has 0 bridgehead atoms.